The molecule has 78 valence electrons. The third-order valence-corrected chi connectivity index (χ3v) is 2.38. The van der Waals surface area contributed by atoms with E-state index in [1.807, 2.05) is 0 Å². The highest BCUT2D eigenvalue weighted by Crippen LogP contribution is 2.23. The second kappa shape index (κ2) is 4.17. The van der Waals surface area contributed by atoms with Crippen LogP contribution in [0, 0.1) is 11.3 Å². The Bertz CT molecular complexity index is 628. The lowest BCUT2D eigenvalue weighted by atomic mass is 10.2. The first-order valence-electron chi connectivity index (χ1n) is 4.46. The van der Waals surface area contributed by atoms with Gasteiger partial charge in [-0.25, -0.2) is 4.98 Å². The summed E-state index contributed by atoms with van der Waals surface area (Å²) in [7, 11) is 0. The Balaban J connectivity index is 2.60. The molecule has 5 heteroatoms. The highest BCUT2D eigenvalue weighted by atomic mass is 35.5. The molecule has 2 aromatic rings. The van der Waals surface area contributed by atoms with E-state index >= 15 is 0 Å². The van der Waals surface area contributed by atoms with Crippen molar-refractivity contribution in [2.75, 3.05) is 0 Å². The summed E-state index contributed by atoms with van der Waals surface area (Å²) >= 11 is 5.96. The predicted molar refractivity (Wildman–Crippen MR) is 60.0 cm³/mol. The van der Waals surface area contributed by atoms with E-state index < -0.39 is 5.56 Å². The van der Waals surface area contributed by atoms with Crippen molar-refractivity contribution < 1.29 is 0 Å². The maximum absolute atomic E-state index is 11.4. The molecule has 0 saturated heterocycles. The molecule has 0 aliphatic carbocycles. The first-order valence-corrected chi connectivity index (χ1v) is 4.84. The van der Waals surface area contributed by atoms with Crippen molar-refractivity contribution in [1.29, 1.82) is 5.26 Å². The van der Waals surface area contributed by atoms with Crippen molar-refractivity contribution >= 4 is 11.6 Å². The zero-order chi connectivity index (χ0) is 11.5. The number of nitrogens with one attached hydrogen (secondary N) is 1. The van der Waals surface area contributed by atoms with Gasteiger partial charge in [0.15, 0.2) is 0 Å². The quantitative estimate of drug-likeness (QED) is 0.816. The molecule has 1 aromatic heterocycles. The van der Waals surface area contributed by atoms with E-state index in [0.717, 1.165) is 0 Å². The topological polar surface area (TPSA) is 69.5 Å². The van der Waals surface area contributed by atoms with E-state index in [9.17, 15) is 4.79 Å². The normalized spacial score (nSPS) is 9.75. The number of nitrogens with zero attached hydrogens (tertiary/aromatic N) is 2. The van der Waals surface area contributed by atoms with E-state index in [0.29, 0.717) is 16.4 Å². The first-order chi connectivity index (χ1) is 7.72. The Morgan fingerprint density at radius 3 is 2.75 bits per heavy atom. The van der Waals surface area contributed by atoms with Gasteiger partial charge in [-0.15, -0.1) is 0 Å². The van der Waals surface area contributed by atoms with Gasteiger partial charge in [-0.2, -0.15) is 5.26 Å². The van der Waals surface area contributed by atoms with Crippen molar-refractivity contribution in [2.24, 2.45) is 0 Å². The second-order valence-electron chi connectivity index (χ2n) is 3.07. The Hall–Kier alpha value is -2.12. The molecular weight excluding hydrogens is 226 g/mol. The average Bonchev–Trinajstić information content (AvgIpc) is 2.29. The lowest BCUT2D eigenvalue weighted by Crippen LogP contribution is -2.12. The van der Waals surface area contributed by atoms with Crippen LogP contribution in [0.4, 0.5) is 0 Å². The molecule has 0 spiro atoms. The maximum atomic E-state index is 11.4. The van der Waals surface area contributed by atoms with Crippen LogP contribution in [-0.2, 0) is 0 Å². The lowest BCUT2D eigenvalue weighted by molar-refractivity contribution is 1.11. The standard InChI is InChI=1S/C11H6ClN3O/c12-9-4-2-1-3-8(9)10-14-6-7(5-13)11(16)15-10/h1-4,6H,(H,14,15,16). The third-order valence-electron chi connectivity index (χ3n) is 2.05. The first kappa shape index (κ1) is 10.4. The zero-order valence-corrected chi connectivity index (χ0v) is 8.82. The number of aromatic amines is 1. The predicted octanol–water partition coefficient (Wildman–Crippen LogP) is 1.96. The van der Waals surface area contributed by atoms with Gasteiger partial charge < -0.3 is 4.98 Å². The molecular formula is C11H6ClN3O. The van der Waals surface area contributed by atoms with Crippen molar-refractivity contribution in [2.45, 2.75) is 0 Å². The number of hydrogen-bond acceptors (Lipinski definition) is 3. The van der Waals surface area contributed by atoms with Crippen molar-refractivity contribution in [3.63, 3.8) is 0 Å². The molecule has 0 amide bonds. The fourth-order valence-electron chi connectivity index (χ4n) is 1.26. The minimum Gasteiger partial charge on any atom is -0.305 e. The molecule has 0 radical (unpaired) electrons. The number of H-pyrrole nitrogens is 1. The van der Waals surface area contributed by atoms with Gasteiger partial charge >= 0.3 is 0 Å². The fraction of sp³-hybridized carbons (Fsp3) is 0. The average molecular weight is 232 g/mol. The largest absolute Gasteiger partial charge is 0.305 e. The zero-order valence-electron chi connectivity index (χ0n) is 8.07. The van der Waals surface area contributed by atoms with Gasteiger partial charge in [-0.3, -0.25) is 4.79 Å². The summed E-state index contributed by atoms with van der Waals surface area (Å²) < 4.78 is 0. The Morgan fingerprint density at radius 1 is 1.38 bits per heavy atom. The molecule has 4 nitrogen and oxygen atoms in total. The Kier molecular flexibility index (Phi) is 2.71. The summed E-state index contributed by atoms with van der Waals surface area (Å²) in [4.78, 5) is 17.9. The number of hydrogen-bond donors (Lipinski definition) is 1. The molecule has 0 aliphatic rings. The van der Waals surface area contributed by atoms with Gasteiger partial charge in [0.05, 0.1) is 11.2 Å². The summed E-state index contributed by atoms with van der Waals surface area (Å²) in [5.74, 6) is 0.356. The molecule has 0 aliphatic heterocycles. The van der Waals surface area contributed by atoms with Crippen LogP contribution >= 0.6 is 11.6 Å². The van der Waals surface area contributed by atoms with E-state index in [1.165, 1.54) is 6.20 Å². The summed E-state index contributed by atoms with van der Waals surface area (Å²) in [6.45, 7) is 0. The Labute approximate surface area is 96.2 Å². The van der Waals surface area contributed by atoms with Gasteiger partial charge in [0, 0.05) is 5.56 Å². The SMILES string of the molecule is N#Cc1cnc(-c2ccccc2Cl)[nH]c1=O. The van der Waals surface area contributed by atoms with Crippen LogP contribution in [0.2, 0.25) is 5.02 Å². The van der Waals surface area contributed by atoms with Crippen LogP contribution in [0.1, 0.15) is 5.56 Å². The highest BCUT2D eigenvalue weighted by Gasteiger charge is 2.06. The van der Waals surface area contributed by atoms with Crippen LogP contribution in [-0.4, -0.2) is 9.97 Å². The minimum absolute atomic E-state index is 0.0178. The molecule has 0 unspecified atom stereocenters. The Morgan fingerprint density at radius 2 is 2.12 bits per heavy atom. The molecule has 1 heterocycles. The van der Waals surface area contributed by atoms with Crippen molar-refractivity contribution in [1.82, 2.24) is 9.97 Å². The fourth-order valence-corrected chi connectivity index (χ4v) is 1.49. The summed E-state index contributed by atoms with van der Waals surface area (Å²) in [6.07, 6.45) is 1.23. The number of halogens is 1. The summed E-state index contributed by atoms with van der Waals surface area (Å²) in [5.41, 5.74) is 0.147. The minimum atomic E-state index is -0.465. The van der Waals surface area contributed by atoms with E-state index in [4.69, 9.17) is 16.9 Å². The molecule has 1 N–H and O–H groups in total. The van der Waals surface area contributed by atoms with Crippen molar-refractivity contribution in [3.8, 4) is 17.5 Å². The molecule has 0 fully saturated rings. The van der Waals surface area contributed by atoms with Gasteiger partial charge in [-0.1, -0.05) is 23.7 Å². The number of nitriles is 1. The maximum Gasteiger partial charge on any atom is 0.269 e. The third kappa shape index (κ3) is 1.81. The van der Waals surface area contributed by atoms with Gasteiger partial charge in [-0.05, 0) is 12.1 Å². The van der Waals surface area contributed by atoms with E-state index in [2.05, 4.69) is 9.97 Å². The molecule has 16 heavy (non-hydrogen) atoms. The lowest BCUT2D eigenvalue weighted by Gasteiger charge is -2.02. The molecule has 0 atom stereocenters. The summed E-state index contributed by atoms with van der Waals surface area (Å²) in [5, 5.41) is 9.09. The van der Waals surface area contributed by atoms with Crippen LogP contribution in [0.15, 0.2) is 35.3 Å². The van der Waals surface area contributed by atoms with Gasteiger partial charge in [0.1, 0.15) is 17.5 Å². The smallest absolute Gasteiger partial charge is 0.269 e. The van der Waals surface area contributed by atoms with Crippen LogP contribution in [0.3, 0.4) is 0 Å². The van der Waals surface area contributed by atoms with E-state index in [1.54, 1.807) is 30.3 Å². The van der Waals surface area contributed by atoms with Gasteiger partial charge in [0.2, 0.25) is 0 Å². The summed E-state index contributed by atoms with van der Waals surface area (Å²) in [6, 6.07) is 8.77. The second-order valence-corrected chi connectivity index (χ2v) is 3.47. The number of aromatic nitrogens is 2. The molecule has 0 bridgehead atoms. The molecule has 2 rings (SSSR count). The monoisotopic (exact) mass is 231 g/mol. The van der Waals surface area contributed by atoms with Crippen molar-refractivity contribution in [3.05, 3.63) is 51.4 Å². The van der Waals surface area contributed by atoms with Gasteiger partial charge in [0.25, 0.3) is 5.56 Å². The molecule has 1 aromatic carbocycles. The highest BCUT2D eigenvalue weighted by molar-refractivity contribution is 6.33. The van der Waals surface area contributed by atoms with Crippen LogP contribution in [0.5, 0.6) is 0 Å². The van der Waals surface area contributed by atoms with Crippen LogP contribution < -0.4 is 5.56 Å². The number of rotatable bonds is 1. The number of benzene rings is 1. The van der Waals surface area contributed by atoms with Crippen LogP contribution in [0.25, 0.3) is 11.4 Å². The van der Waals surface area contributed by atoms with E-state index in [-0.39, 0.29) is 5.56 Å². The molecule has 0 saturated carbocycles.